The van der Waals surface area contributed by atoms with Crippen molar-refractivity contribution in [2.45, 2.75) is 4.90 Å². The van der Waals surface area contributed by atoms with Crippen molar-refractivity contribution < 1.29 is 0 Å². The molecule has 78 valence electrons. The van der Waals surface area contributed by atoms with Crippen LogP contribution in [0.5, 0.6) is 0 Å². The van der Waals surface area contributed by atoms with Gasteiger partial charge in [-0.15, -0.1) is 0 Å². The zero-order valence-electron chi connectivity index (χ0n) is 8.23. The van der Waals surface area contributed by atoms with Crippen LogP contribution in [0.3, 0.4) is 0 Å². The lowest BCUT2D eigenvalue weighted by Crippen LogP contribution is -2.04. The van der Waals surface area contributed by atoms with Gasteiger partial charge in [-0.3, -0.25) is 0 Å². The Morgan fingerprint density at radius 2 is 2.12 bits per heavy atom. The Bertz CT molecular complexity index is 523. The number of rotatable bonds is 2. The number of fused-ring (bicyclic) bond motifs is 1. The highest BCUT2D eigenvalue weighted by molar-refractivity contribution is 8.07. The Hall–Kier alpha value is -1.56. The summed E-state index contributed by atoms with van der Waals surface area (Å²) in [5.74, 6) is 0.343. The van der Waals surface area contributed by atoms with E-state index < -0.39 is 0 Å². The minimum Gasteiger partial charge on any atom is -0.348 e. The van der Waals surface area contributed by atoms with E-state index in [1.807, 2.05) is 24.3 Å². The monoisotopic (exact) mass is 245 g/mol. The third kappa shape index (κ3) is 2.16. The summed E-state index contributed by atoms with van der Waals surface area (Å²) in [4.78, 5) is 1.67. The molecule has 5 heteroatoms. The van der Waals surface area contributed by atoms with E-state index in [9.17, 15) is 0 Å². The van der Waals surface area contributed by atoms with Crippen LogP contribution in [0.1, 0.15) is 0 Å². The zero-order valence-corrected chi connectivity index (χ0v) is 9.86. The number of benzene rings is 1. The lowest BCUT2D eigenvalue weighted by atomic mass is 10.3. The summed E-state index contributed by atoms with van der Waals surface area (Å²) < 4.78 is 0. The fourth-order valence-corrected chi connectivity index (χ4v) is 2.93. The molecule has 1 heterocycles. The first kappa shape index (κ1) is 10.9. The van der Waals surface area contributed by atoms with Crippen molar-refractivity contribution in [3.8, 4) is 12.1 Å². The molecule has 1 aliphatic heterocycles. The Kier molecular flexibility index (Phi) is 3.40. The highest BCUT2D eigenvalue weighted by atomic mass is 32.2. The summed E-state index contributed by atoms with van der Waals surface area (Å²) in [5, 5.41) is 21.5. The van der Waals surface area contributed by atoms with Crippen molar-refractivity contribution >= 4 is 29.2 Å². The summed E-state index contributed by atoms with van der Waals surface area (Å²) in [6.07, 6.45) is 0. The summed E-state index contributed by atoms with van der Waals surface area (Å²) in [7, 11) is 0. The van der Waals surface area contributed by atoms with Gasteiger partial charge in [0.2, 0.25) is 0 Å². The van der Waals surface area contributed by atoms with Crippen LogP contribution in [-0.2, 0) is 0 Å². The maximum atomic E-state index is 9.02. The van der Waals surface area contributed by atoms with Crippen molar-refractivity contribution in [1.29, 1.82) is 10.5 Å². The topological polar surface area (TPSA) is 59.6 Å². The van der Waals surface area contributed by atoms with Gasteiger partial charge >= 0.3 is 0 Å². The van der Waals surface area contributed by atoms with Crippen LogP contribution in [0.15, 0.2) is 39.1 Å². The standard InChI is InChI=1S/C11H7N3S2/c12-5-6-15-11-10(7-13)16-9-4-2-1-3-8(9)14-11/h1-4,14H,6H2. The number of nitrogens with zero attached hydrogens (tertiary/aromatic N) is 2. The van der Waals surface area contributed by atoms with Gasteiger partial charge in [-0.2, -0.15) is 10.5 Å². The molecule has 0 spiro atoms. The molecule has 16 heavy (non-hydrogen) atoms. The average Bonchev–Trinajstić information content (AvgIpc) is 2.35. The van der Waals surface area contributed by atoms with Gasteiger partial charge in [0.15, 0.2) is 0 Å². The second-order valence-electron chi connectivity index (χ2n) is 2.94. The van der Waals surface area contributed by atoms with Gasteiger partial charge in [0.1, 0.15) is 11.0 Å². The highest BCUT2D eigenvalue weighted by Crippen LogP contribution is 2.41. The summed E-state index contributed by atoms with van der Waals surface area (Å²) in [6, 6.07) is 12.0. The number of para-hydroxylation sites is 1. The number of allylic oxidation sites excluding steroid dienone is 1. The molecule has 1 aromatic rings. The third-order valence-electron chi connectivity index (χ3n) is 1.94. The van der Waals surface area contributed by atoms with E-state index in [4.69, 9.17) is 10.5 Å². The quantitative estimate of drug-likeness (QED) is 0.867. The van der Waals surface area contributed by atoms with E-state index >= 15 is 0 Å². The Balaban J connectivity index is 2.29. The molecule has 0 fully saturated rings. The number of thioether (sulfide) groups is 2. The first-order valence-corrected chi connectivity index (χ1v) is 6.33. The first-order chi connectivity index (χ1) is 7.85. The highest BCUT2D eigenvalue weighted by Gasteiger charge is 2.17. The Morgan fingerprint density at radius 3 is 2.88 bits per heavy atom. The van der Waals surface area contributed by atoms with Crippen molar-refractivity contribution in [3.05, 3.63) is 34.2 Å². The zero-order chi connectivity index (χ0) is 11.4. The number of nitriles is 2. The molecule has 2 rings (SSSR count). The van der Waals surface area contributed by atoms with Gasteiger partial charge in [0.05, 0.1) is 22.5 Å². The predicted octanol–water partition coefficient (Wildman–Crippen LogP) is 3.15. The molecule has 1 aliphatic rings. The van der Waals surface area contributed by atoms with E-state index in [0.29, 0.717) is 10.7 Å². The summed E-state index contributed by atoms with van der Waals surface area (Å²) in [6.45, 7) is 0. The van der Waals surface area contributed by atoms with Crippen molar-refractivity contribution in [1.82, 2.24) is 0 Å². The maximum Gasteiger partial charge on any atom is 0.120 e. The fraction of sp³-hybridized carbons (Fsp3) is 0.0909. The van der Waals surface area contributed by atoms with Crippen LogP contribution in [0, 0.1) is 22.7 Å². The molecule has 0 saturated carbocycles. The molecule has 1 aromatic carbocycles. The van der Waals surface area contributed by atoms with Crippen LogP contribution >= 0.6 is 23.5 Å². The Morgan fingerprint density at radius 1 is 1.31 bits per heavy atom. The normalized spacial score (nSPS) is 13.4. The first-order valence-electron chi connectivity index (χ1n) is 4.53. The van der Waals surface area contributed by atoms with E-state index in [1.54, 1.807) is 0 Å². The SMILES string of the molecule is N#CCSC1=C(C#N)Sc2ccccc2N1. The van der Waals surface area contributed by atoms with E-state index in [2.05, 4.69) is 17.5 Å². The number of anilines is 1. The van der Waals surface area contributed by atoms with Gasteiger partial charge in [-0.1, -0.05) is 35.7 Å². The minimum atomic E-state index is 0.343. The van der Waals surface area contributed by atoms with E-state index in [1.165, 1.54) is 23.5 Å². The number of nitrogens with one attached hydrogen (secondary N) is 1. The molecular formula is C11H7N3S2. The molecule has 0 aliphatic carbocycles. The molecule has 0 saturated heterocycles. The molecule has 0 bridgehead atoms. The maximum absolute atomic E-state index is 9.02. The fourth-order valence-electron chi connectivity index (χ4n) is 1.27. The second kappa shape index (κ2) is 4.98. The summed E-state index contributed by atoms with van der Waals surface area (Å²) >= 11 is 2.80. The van der Waals surface area contributed by atoms with Crippen LogP contribution < -0.4 is 5.32 Å². The Labute approximate surface area is 102 Å². The average molecular weight is 245 g/mol. The van der Waals surface area contributed by atoms with Crippen molar-refractivity contribution in [3.63, 3.8) is 0 Å². The molecular weight excluding hydrogens is 238 g/mol. The molecule has 0 unspecified atom stereocenters. The predicted molar refractivity (Wildman–Crippen MR) is 66.6 cm³/mol. The number of hydrogen-bond acceptors (Lipinski definition) is 5. The molecule has 0 radical (unpaired) electrons. The van der Waals surface area contributed by atoms with Gasteiger partial charge in [0.25, 0.3) is 0 Å². The van der Waals surface area contributed by atoms with Gasteiger partial charge < -0.3 is 5.32 Å². The largest absolute Gasteiger partial charge is 0.348 e. The van der Waals surface area contributed by atoms with Gasteiger partial charge in [-0.05, 0) is 12.1 Å². The van der Waals surface area contributed by atoms with Crippen LogP contribution in [0.2, 0.25) is 0 Å². The molecule has 0 amide bonds. The van der Waals surface area contributed by atoms with Gasteiger partial charge in [0, 0.05) is 4.90 Å². The second-order valence-corrected chi connectivity index (χ2v) is 4.98. The summed E-state index contributed by atoms with van der Waals surface area (Å²) in [5.41, 5.74) is 0.993. The van der Waals surface area contributed by atoms with Crippen molar-refractivity contribution in [2.24, 2.45) is 0 Å². The molecule has 3 nitrogen and oxygen atoms in total. The van der Waals surface area contributed by atoms with Crippen LogP contribution in [0.4, 0.5) is 5.69 Å². The van der Waals surface area contributed by atoms with Gasteiger partial charge in [-0.25, -0.2) is 0 Å². The van der Waals surface area contributed by atoms with E-state index in [0.717, 1.165) is 15.6 Å². The van der Waals surface area contributed by atoms with Crippen LogP contribution in [0.25, 0.3) is 0 Å². The minimum absolute atomic E-state index is 0.343. The van der Waals surface area contributed by atoms with Crippen molar-refractivity contribution in [2.75, 3.05) is 11.1 Å². The molecule has 0 atom stereocenters. The molecule has 1 N–H and O–H groups in total. The smallest absolute Gasteiger partial charge is 0.120 e. The third-order valence-corrected chi connectivity index (χ3v) is 4.01. The lowest BCUT2D eigenvalue weighted by Gasteiger charge is -2.19. The number of hydrogen-bond donors (Lipinski definition) is 1. The van der Waals surface area contributed by atoms with Crippen LogP contribution in [-0.4, -0.2) is 5.75 Å². The lowest BCUT2D eigenvalue weighted by molar-refractivity contribution is 1.38. The molecule has 0 aromatic heterocycles. The van der Waals surface area contributed by atoms with E-state index in [-0.39, 0.29) is 0 Å².